The topological polar surface area (TPSA) is 29.5 Å². The molecule has 5 heteroatoms. The fourth-order valence-corrected chi connectivity index (χ4v) is 3.35. The van der Waals surface area contributed by atoms with Crippen LogP contribution in [0.1, 0.15) is 84.0 Å². The van der Waals surface area contributed by atoms with Crippen molar-refractivity contribution in [3.05, 3.63) is 0 Å². The number of carbonyl (C=O) groups excluding carboxylic acids is 1. The Morgan fingerprint density at radius 1 is 0.760 bits per heavy atom. The van der Waals surface area contributed by atoms with E-state index < -0.39 is 0 Å². The quantitative estimate of drug-likeness (QED) is 0.152. The Kier molecular flexibility index (Phi) is 20.3. The standard InChI is InChI=1S/C20H39Cl2NO2/c1-2-3-4-5-6-7-8-9-10-11-12-13-20(24)25-19-18-23(16-14-21)17-15-22/h2-19H2,1H3. The molecule has 0 N–H and O–H groups in total. The van der Waals surface area contributed by atoms with Crippen LogP contribution >= 0.6 is 23.2 Å². The Hall–Kier alpha value is 0.01000. The molecule has 150 valence electrons. The van der Waals surface area contributed by atoms with Gasteiger partial charge in [-0.3, -0.25) is 9.69 Å². The van der Waals surface area contributed by atoms with Crippen LogP contribution in [0.25, 0.3) is 0 Å². The van der Waals surface area contributed by atoms with Gasteiger partial charge in [-0.2, -0.15) is 0 Å². The second kappa shape index (κ2) is 20.3. The number of rotatable bonds is 19. The lowest BCUT2D eigenvalue weighted by molar-refractivity contribution is -0.144. The average Bonchev–Trinajstić information content (AvgIpc) is 2.60. The van der Waals surface area contributed by atoms with Gasteiger partial charge in [-0.05, 0) is 6.42 Å². The number of halogens is 2. The minimum Gasteiger partial charge on any atom is -0.464 e. The van der Waals surface area contributed by atoms with Crippen LogP contribution < -0.4 is 0 Å². The maximum Gasteiger partial charge on any atom is 0.305 e. The van der Waals surface area contributed by atoms with Gasteiger partial charge in [0, 0.05) is 37.8 Å². The van der Waals surface area contributed by atoms with Gasteiger partial charge >= 0.3 is 5.97 Å². The summed E-state index contributed by atoms with van der Waals surface area (Å²) in [6.07, 6.45) is 14.8. The Morgan fingerprint density at radius 3 is 1.72 bits per heavy atom. The summed E-state index contributed by atoms with van der Waals surface area (Å²) in [6, 6.07) is 0. The first-order chi connectivity index (χ1) is 12.2. The maximum absolute atomic E-state index is 11.7. The number of carbonyl (C=O) groups is 1. The number of ether oxygens (including phenoxy) is 1. The van der Waals surface area contributed by atoms with Gasteiger partial charge in [-0.25, -0.2) is 0 Å². The van der Waals surface area contributed by atoms with E-state index in [1.165, 1.54) is 57.8 Å². The molecule has 0 unspecified atom stereocenters. The maximum atomic E-state index is 11.7. The summed E-state index contributed by atoms with van der Waals surface area (Å²) in [5.74, 6) is 1.07. The van der Waals surface area contributed by atoms with Gasteiger partial charge < -0.3 is 4.74 Å². The van der Waals surface area contributed by atoms with Gasteiger partial charge in [0.2, 0.25) is 0 Å². The van der Waals surface area contributed by atoms with Crippen LogP contribution in [0.4, 0.5) is 0 Å². The van der Waals surface area contributed by atoms with Crippen LogP contribution in [0.2, 0.25) is 0 Å². The minimum absolute atomic E-state index is 0.0763. The van der Waals surface area contributed by atoms with Crippen molar-refractivity contribution < 1.29 is 9.53 Å². The summed E-state index contributed by atoms with van der Waals surface area (Å²) >= 11 is 11.5. The van der Waals surface area contributed by atoms with E-state index in [1.54, 1.807) is 0 Å². The molecule has 0 amide bonds. The molecule has 25 heavy (non-hydrogen) atoms. The lowest BCUT2D eigenvalue weighted by Crippen LogP contribution is -2.31. The number of hydrogen-bond acceptors (Lipinski definition) is 3. The van der Waals surface area contributed by atoms with E-state index in [-0.39, 0.29) is 5.97 Å². The van der Waals surface area contributed by atoms with E-state index in [2.05, 4.69) is 11.8 Å². The third-order valence-electron chi connectivity index (χ3n) is 4.46. The SMILES string of the molecule is CCCCCCCCCCCCCC(=O)OCCN(CCCl)CCCl. The lowest BCUT2D eigenvalue weighted by Gasteiger charge is -2.19. The minimum atomic E-state index is -0.0763. The molecule has 0 spiro atoms. The summed E-state index contributed by atoms with van der Waals surface area (Å²) in [5.41, 5.74) is 0. The first-order valence-electron chi connectivity index (χ1n) is 10.2. The number of esters is 1. The van der Waals surface area contributed by atoms with E-state index in [1.807, 2.05) is 0 Å². The number of unbranched alkanes of at least 4 members (excludes halogenated alkanes) is 10. The van der Waals surface area contributed by atoms with Crippen LogP contribution in [0, 0.1) is 0 Å². The molecule has 0 atom stereocenters. The largest absolute Gasteiger partial charge is 0.464 e. The highest BCUT2D eigenvalue weighted by Crippen LogP contribution is 2.12. The highest BCUT2D eigenvalue weighted by atomic mass is 35.5. The van der Waals surface area contributed by atoms with Crippen LogP contribution in [0.5, 0.6) is 0 Å². The summed E-state index contributed by atoms with van der Waals surface area (Å²) in [7, 11) is 0. The van der Waals surface area contributed by atoms with E-state index in [4.69, 9.17) is 27.9 Å². The Morgan fingerprint density at radius 2 is 1.24 bits per heavy atom. The van der Waals surface area contributed by atoms with Gasteiger partial charge in [-0.1, -0.05) is 71.1 Å². The van der Waals surface area contributed by atoms with Gasteiger partial charge in [0.25, 0.3) is 0 Å². The molecular formula is C20H39Cl2NO2. The molecule has 0 saturated carbocycles. The van der Waals surface area contributed by atoms with E-state index in [9.17, 15) is 4.79 Å². The summed E-state index contributed by atoms with van der Waals surface area (Å²) in [6.45, 7) is 4.97. The fourth-order valence-electron chi connectivity index (χ4n) is 2.87. The summed E-state index contributed by atoms with van der Waals surface area (Å²) in [4.78, 5) is 13.8. The zero-order chi connectivity index (χ0) is 18.6. The van der Waals surface area contributed by atoms with Crippen LogP contribution in [-0.4, -0.2) is 48.9 Å². The smallest absolute Gasteiger partial charge is 0.305 e. The predicted molar refractivity (Wildman–Crippen MR) is 110 cm³/mol. The first kappa shape index (κ1) is 25.0. The predicted octanol–water partition coefficient (Wildman–Crippen LogP) is 6.01. The zero-order valence-electron chi connectivity index (χ0n) is 16.2. The summed E-state index contributed by atoms with van der Waals surface area (Å²) in [5, 5.41) is 0. The zero-order valence-corrected chi connectivity index (χ0v) is 17.8. The third-order valence-corrected chi connectivity index (χ3v) is 4.79. The van der Waals surface area contributed by atoms with Crippen molar-refractivity contribution in [2.45, 2.75) is 84.0 Å². The molecule has 0 bridgehead atoms. The Labute approximate surface area is 165 Å². The molecular weight excluding hydrogens is 357 g/mol. The van der Waals surface area contributed by atoms with Gasteiger partial charge in [0.05, 0.1) is 0 Å². The van der Waals surface area contributed by atoms with Crippen LogP contribution in [-0.2, 0) is 9.53 Å². The van der Waals surface area contributed by atoms with Crippen molar-refractivity contribution in [2.24, 2.45) is 0 Å². The van der Waals surface area contributed by atoms with E-state index in [0.717, 1.165) is 25.9 Å². The van der Waals surface area contributed by atoms with Crippen LogP contribution in [0.3, 0.4) is 0 Å². The lowest BCUT2D eigenvalue weighted by atomic mass is 10.1. The molecule has 0 radical (unpaired) electrons. The van der Waals surface area contributed by atoms with Crippen molar-refractivity contribution in [2.75, 3.05) is 38.0 Å². The Bertz CT molecular complexity index is 285. The number of nitrogens with zero attached hydrogens (tertiary/aromatic N) is 1. The van der Waals surface area contributed by atoms with Gasteiger partial charge in [0.15, 0.2) is 0 Å². The normalized spacial score (nSPS) is 11.2. The number of alkyl halides is 2. The van der Waals surface area contributed by atoms with E-state index in [0.29, 0.717) is 31.3 Å². The third kappa shape index (κ3) is 18.6. The summed E-state index contributed by atoms with van der Waals surface area (Å²) < 4.78 is 5.29. The highest BCUT2D eigenvalue weighted by Gasteiger charge is 2.06. The molecule has 0 heterocycles. The highest BCUT2D eigenvalue weighted by molar-refractivity contribution is 6.18. The van der Waals surface area contributed by atoms with Crippen LogP contribution in [0.15, 0.2) is 0 Å². The second-order valence-electron chi connectivity index (χ2n) is 6.73. The van der Waals surface area contributed by atoms with Crippen molar-refractivity contribution in [1.29, 1.82) is 0 Å². The number of hydrogen-bond donors (Lipinski definition) is 0. The van der Waals surface area contributed by atoms with Gasteiger partial charge in [0.1, 0.15) is 6.61 Å². The molecule has 3 nitrogen and oxygen atoms in total. The molecule has 0 fully saturated rings. The average molecular weight is 396 g/mol. The van der Waals surface area contributed by atoms with Crippen molar-refractivity contribution >= 4 is 29.2 Å². The van der Waals surface area contributed by atoms with Crippen molar-refractivity contribution in [1.82, 2.24) is 4.90 Å². The Balaban J connectivity index is 3.35. The second-order valence-corrected chi connectivity index (χ2v) is 7.48. The molecule has 0 rings (SSSR count). The molecule has 0 aromatic rings. The molecule has 0 aromatic heterocycles. The molecule has 0 aliphatic heterocycles. The monoisotopic (exact) mass is 395 g/mol. The molecule has 0 aromatic carbocycles. The first-order valence-corrected chi connectivity index (χ1v) is 11.3. The van der Waals surface area contributed by atoms with Gasteiger partial charge in [-0.15, -0.1) is 23.2 Å². The van der Waals surface area contributed by atoms with E-state index >= 15 is 0 Å². The van der Waals surface area contributed by atoms with Crippen molar-refractivity contribution in [3.63, 3.8) is 0 Å². The van der Waals surface area contributed by atoms with Crippen molar-refractivity contribution in [3.8, 4) is 0 Å². The molecule has 0 saturated heterocycles. The molecule has 0 aliphatic carbocycles. The fraction of sp³-hybridized carbons (Fsp3) is 0.950. The molecule has 0 aliphatic rings.